The van der Waals surface area contributed by atoms with Crippen LogP contribution in [0.3, 0.4) is 0 Å². The lowest BCUT2D eigenvalue weighted by Crippen LogP contribution is -2.52. The van der Waals surface area contributed by atoms with Crippen molar-refractivity contribution in [2.45, 2.75) is 19.1 Å². The molecule has 0 radical (unpaired) electrons. The highest BCUT2D eigenvalue weighted by atomic mass is 32.1. The molecule has 2 N–H and O–H groups in total. The summed E-state index contributed by atoms with van der Waals surface area (Å²) in [4.78, 5) is 28.3. The van der Waals surface area contributed by atoms with Crippen LogP contribution in [0, 0.1) is 0 Å². The molecule has 2 heterocycles. The van der Waals surface area contributed by atoms with E-state index in [1.807, 2.05) is 6.92 Å². The third-order valence-corrected chi connectivity index (χ3v) is 3.71. The fourth-order valence-corrected chi connectivity index (χ4v) is 2.55. The fraction of sp³-hybridized carbons (Fsp3) is 0.545. The maximum Gasteiger partial charge on any atom is 0.355 e. The van der Waals surface area contributed by atoms with Crippen LogP contribution < -0.4 is 0 Å². The molecule has 2 unspecified atom stereocenters. The van der Waals surface area contributed by atoms with E-state index in [1.165, 1.54) is 5.38 Å². The average Bonchev–Trinajstić information content (AvgIpc) is 2.88. The van der Waals surface area contributed by atoms with Crippen LogP contribution in [0.5, 0.6) is 0 Å². The Bertz CT molecular complexity index is 489. The number of carboxylic acid groups (broad SMARTS) is 1. The van der Waals surface area contributed by atoms with Gasteiger partial charge in [0.2, 0.25) is 0 Å². The van der Waals surface area contributed by atoms with E-state index >= 15 is 0 Å². The van der Waals surface area contributed by atoms with Crippen LogP contribution in [0.1, 0.15) is 27.2 Å². The zero-order valence-electron chi connectivity index (χ0n) is 10.3. The first kappa shape index (κ1) is 13.9. The number of aliphatic hydroxyl groups is 1. The molecule has 19 heavy (non-hydrogen) atoms. The number of aliphatic hydroxyl groups excluding tert-OH is 1. The maximum absolute atomic E-state index is 12.3. The van der Waals surface area contributed by atoms with Crippen molar-refractivity contribution in [2.24, 2.45) is 0 Å². The number of carboxylic acids is 1. The Hall–Kier alpha value is -1.51. The molecular weight excluding hydrogens is 272 g/mol. The van der Waals surface area contributed by atoms with Gasteiger partial charge in [-0.3, -0.25) is 4.79 Å². The van der Waals surface area contributed by atoms with Crippen LogP contribution in [0.15, 0.2) is 5.38 Å². The highest BCUT2D eigenvalue weighted by Crippen LogP contribution is 2.18. The Kier molecular flexibility index (Phi) is 4.13. The van der Waals surface area contributed by atoms with Crippen molar-refractivity contribution in [3.05, 3.63) is 16.1 Å². The van der Waals surface area contributed by atoms with Crippen LogP contribution in [-0.2, 0) is 4.74 Å². The quantitative estimate of drug-likeness (QED) is 0.815. The van der Waals surface area contributed by atoms with E-state index in [-0.39, 0.29) is 35.8 Å². The van der Waals surface area contributed by atoms with Gasteiger partial charge in [-0.2, -0.15) is 0 Å². The molecule has 0 bridgehead atoms. The average molecular weight is 286 g/mol. The lowest BCUT2D eigenvalue weighted by atomic mass is 10.2. The number of ether oxygens (including phenoxy) is 1. The van der Waals surface area contributed by atoms with Gasteiger partial charge in [0.15, 0.2) is 10.7 Å². The molecule has 0 saturated carbocycles. The minimum Gasteiger partial charge on any atom is -0.476 e. The van der Waals surface area contributed by atoms with E-state index in [9.17, 15) is 9.59 Å². The standard InChI is InChI=1S/C11H14N2O5S/c1-6-4-18-7(3-14)2-13(6)10(15)9-12-8(5-19-9)11(16)17/h5-7,14H,2-4H2,1H3,(H,16,17). The molecule has 1 aliphatic rings. The second kappa shape index (κ2) is 5.64. The Labute approximate surface area is 113 Å². The van der Waals surface area contributed by atoms with Crippen molar-refractivity contribution in [3.8, 4) is 0 Å². The van der Waals surface area contributed by atoms with E-state index in [2.05, 4.69) is 4.98 Å². The van der Waals surface area contributed by atoms with Gasteiger partial charge in [0.25, 0.3) is 5.91 Å². The largest absolute Gasteiger partial charge is 0.476 e. The molecule has 8 heteroatoms. The molecule has 2 atom stereocenters. The summed E-state index contributed by atoms with van der Waals surface area (Å²) in [6.07, 6.45) is -0.404. The molecule has 1 aromatic heterocycles. The number of aromatic nitrogens is 1. The number of thiazole rings is 1. The van der Waals surface area contributed by atoms with Crippen LogP contribution >= 0.6 is 11.3 Å². The summed E-state index contributed by atoms with van der Waals surface area (Å²) in [6, 6.07) is -0.132. The minimum atomic E-state index is -1.15. The van der Waals surface area contributed by atoms with Gasteiger partial charge in [-0.25, -0.2) is 9.78 Å². The summed E-state index contributed by atoms with van der Waals surface area (Å²) in [5.41, 5.74) is -0.132. The number of hydrogen-bond acceptors (Lipinski definition) is 6. The normalized spacial score (nSPS) is 23.4. The molecule has 1 aliphatic heterocycles. The third-order valence-electron chi connectivity index (χ3n) is 2.88. The van der Waals surface area contributed by atoms with E-state index in [1.54, 1.807) is 4.90 Å². The van der Waals surface area contributed by atoms with Crippen LogP contribution in [0.25, 0.3) is 0 Å². The van der Waals surface area contributed by atoms with Crippen LogP contribution in [0.2, 0.25) is 0 Å². The van der Waals surface area contributed by atoms with Gasteiger partial charge in [-0.1, -0.05) is 0 Å². The highest BCUT2D eigenvalue weighted by molar-refractivity contribution is 7.11. The first-order valence-corrected chi connectivity index (χ1v) is 6.63. The molecule has 1 saturated heterocycles. The molecule has 1 fully saturated rings. The Morgan fingerprint density at radius 3 is 2.95 bits per heavy atom. The summed E-state index contributed by atoms with van der Waals surface area (Å²) < 4.78 is 5.34. The Morgan fingerprint density at radius 1 is 1.63 bits per heavy atom. The van der Waals surface area contributed by atoms with Crippen molar-refractivity contribution in [1.29, 1.82) is 0 Å². The first-order chi connectivity index (χ1) is 9.02. The van der Waals surface area contributed by atoms with Crippen molar-refractivity contribution in [2.75, 3.05) is 19.8 Å². The molecule has 2 rings (SSSR count). The number of morpholine rings is 1. The smallest absolute Gasteiger partial charge is 0.355 e. The van der Waals surface area contributed by atoms with Gasteiger partial charge < -0.3 is 19.8 Å². The summed E-state index contributed by atoms with van der Waals surface area (Å²) >= 11 is 1.00. The van der Waals surface area contributed by atoms with Gasteiger partial charge in [0, 0.05) is 11.9 Å². The van der Waals surface area contributed by atoms with Crippen LogP contribution in [0.4, 0.5) is 0 Å². The molecule has 0 aromatic carbocycles. The van der Waals surface area contributed by atoms with Crippen LogP contribution in [-0.4, -0.2) is 63.9 Å². The zero-order chi connectivity index (χ0) is 14.0. The number of carbonyl (C=O) groups is 2. The Balaban J connectivity index is 2.14. The molecule has 1 aromatic rings. The summed E-state index contributed by atoms with van der Waals surface area (Å²) in [5, 5.41) is 19.3. The lowest BCUT2D eigenvalue weighted by Gasteiger charge is -2.36. The molecule has 104 valence electrons. The monoisotopic (exact) mass is 286 g/mol. The second-order valence-electron chi connectivity index (χ2n) is 4.29. The molecule has 7 nitrogen and oxygen atoms in total. The minimum absolute atomic E-state index is 0.132. The van der Waals surface area contributed by atoms with Gasteiger partial charge in [0.05, 0.1) is 25.4 Å². The fourth-order valence-electron chi connectivity index (χ4n) is 1.80. The van der Waals surface area contributed by atoms with E-state index in [0.717, 1.165) is 11.3 Å². The summed E-state index contributed by atoms with van der Waals surface area (Å²) in [6.45, 7) is 2.29. The predicted octanol–water partition coefficient (Wildman–Crippen LogP) is 0.0631. The van der Waals surface area contributed by atoms with E-state index in [0.29, 0.717) is 6.61 Å². The number of carbonyl (C=O) groups excluding carboxylic acids is 1. The summed E-state index contributed by atoms with van der Waals surface area (Å²) in [5.74, 6) is -1.48. The molecule has 1 amide bonds. The number of hydrogen-bond donors (Lipinski definition) is 2. The van der Waals surface area contributed by atoms with Crippen molar-refractivity contribution >= 4 is 23.2 Å². The summed E-state index contributed by atoms with van der Waals surface area (Å²) in [7, 11) is 0. The predicted molar refractivity (Wildman–Crippen MR) is 66.4 cm³/mol. The van der Waals surface area contributed by atoms with E-state index in [4.69, 9.17) is 14.9 Å². The number of aromatic carboxylic acids is 1. The SMILES string of the molecule is CC1COC(CO)CN1C(=O)c1nc(C(=O)O)cs1. The van der Waals surface area contributed by atoms with Crippen molar-refractivity contribution in [3.63, 3.8) is 0 Å². The molecule has 0 aliphatic carbocycles. The number of amides is 1. The van der Waals surface area contributed by atoms with E-state index < -0.39 is 12.1 Å². The van der Waals surface area contributed by atoms with Gasteiger partial charge in [0.1, 0.15) is 0 Å². The maximum atomic E-state index is 12.3. The highest BCUT2D eigenvalue weighted by Gasteiger charge is 2.31. The lowest BCUT2D eigenvalue weighted by molar-refractivity contribution is -0.0667. The van der Waals surface area contributed by atoms with Gasteiger partial charge >= 0.3 is 5.97 Å². The zero-order valence-corrected chi connectivity index (χ0v) is 11.1. The topological polar surface area (TPSA) is 100.0 Å². The molecular formula is C11H14N2O5S. The van der Waals surface area contributed by atoms with Crippen molar-refractivity contribution in [1.82, 2.24) is 9.88 Å². The second-order valence-corrected chi connectivity index (χ2v) is 5.15. The van der Waals surface area contributed by atoms with Gasteiger partial charge in [-0.05, 0) is 6.92 Å². The third kappa shape index (κ3) is 2.91. The van der Waals surface area contributed by atoms with Gasteiger partial charge in [-0.15, -0.1) is 11.3 Å². The number of rotatable bonds is 3. The first-order valence-electron chi connectivity index (χ1n) is 5.75. The van der Waals surface area contributed by atoms with Crippen molar-refractivity contribution < 1.29 is 24.5 Å². The Morgan fingerprint density at radius 2 is 2.37 bits per heavy atom. The number of nitrogens with zero attached hydrogens (tertiary/aromatic N) is 2. The molecule has 0 spiro atoms.